The lowest BCUT2D eigenvalue weighted by Crippen LogP contribution is -2.45. The molecule has 27 heteroatoms. The number of nitrogens with one attached hydrogen (secondary N) is 2. The van der Waals surface area contributed by atoms with Gasteiger partial charge < -0.3 is 49.1 Å². The first kappa shape index (κ1) is 72.7. The predicted octanol–water partition coefficient (Wildman–Crippen LogP) is 13.2. The zero-order valence-electron chi connectivity index (χ0n) is 51.9. The summed E-state index contributed by atoms with van der Waals surface area (Å²) in [7, 11) is 2.66. The van der Waals surface area contributed by atoms with Gasteiger partial charge in [0.2, 0.25) is 11.2 Å². The lowest BCUT2D eigenvalue weighted by Gasteiger charge is -2.40. The normalized spacial score (nSPS) is 15.3. The number of hydrogen-bond donors (Lipinski definition) is 6. The Balaban J connectivity index is 0.000000288. The van der Waals surface area contributed by atoms with E-state index in [1.165, 1.54) is 79.8 Å². The third-order valence-corrected chi connectivity index (χ3v) is 15.6. The molecule has 3 aromatic heterocycles. The van der Waals surface area contributed by atoms with Crippen LogP contribution >= 0.6 is 0 Å². The van der Waals surface area contributed by atoms with Gasteiger partial charge in [-0.2, -0.15) is 30.6 Å². The Bertz CT molecular complexity index is 3810. The molecule has 7 aromatic rings. The second-order valence-corrected chi connectivity index (χ2v) is 23.9. The average Bonchev–Trinajstić information content (AvgIpc) is 1.51. The summed E-state index contributed by atoms with van der Waals surface area (Å²) in [5.41, 5.74) is -8.87. The number of ether oxygens (including phenoxy) is 5. The molecule has 92 heavy (non-hydrogen) atoms. The Hall–Kier alpha value is -8.37. The number of aliphatic hydroxyl groups excluding tert-OH is 2. The van der Waals surface area contributed by atoms with Crippen molar-refractivity contribution in [3.05, 3.63) is 149 Å². The molecule has 1 amide bonds. The van der Waals surface area contributed by atoms with Crippen LogP contribution < -0.4 is 23.8 Å². The highest BCUT2D eigenvalue weighted by atomic mass is 32.1. The molecule has 0 radical (unpaired) electrons. The van der Waals surface area contributed by atoms with Crippen LogP contribution in [0.1, 0.15) is 117 Å². The standard InChI is InChI=1S/C37H44F4N2O7.C28H26F4N2O5.HNOS/c1-33(2,3)35(7)21-43(32(46)50-34(4,5)6)31-25(35)20-29(42-30(31)22-9-12-24(38)13-10-22)36(47,37(39,40)41)16-15-26(45)23-11-14-27(49-18-17-44)28(19-23)48-8;1-16-15-33-26-20(16)14-24(34-25(26)17-3-6-19(29)7-4-17)27(37,28(30,31)32)10-9-21(36)18-5-8-22(39-12-11-35)23(13-18)38-2;1-3-2/h9-14,19-20,44,47H,15-18,21H2,1-8H3;3-8,13-15,33,35,37H,9-12H2,1-2H3;1H/t35-,36-;27-;/m11./s1. The first-order valence-corrected chi connectivity index (χ1v) is 29.2. The number of halogens is 8. The van der Waals surface area contributed by atoms with Crippen LogP contribution in [0.25, 0.3) is 33.4 Å². The number of ketones is 2. The number of aryl methyl sites for hydroxylation is 1. The number of Topliss-reactive ketones (excluding diaryl/α,β-unsaturated/α-hetero) is 2. The first-order valence-electron chi connectivity index (χ1n) is 28.5. The molecule has 4 heterocycles. The minimum atomic E-state index is -5.30. The summed E-state index contributed by atoms with van der Waals surface area (Å²) in [6.45, 7) is 13.7. The fourth-order valence-electron chi connectivity index (χ4n) is 10.1. The fourth-order valence-corrected chi connectivity index (χ4v) is 10.1. The summed E-state index contributed by atoms with van der Waals surface area (Å²) in [6.07, 6.45) is -13.1. The summed E-state index contributed by atoms with van der Waals surface area (Å²) in [6, 6.07) is 20.5. The van der Waals surface area contributed by atoms with Crippen molar-refractivity contribution in [3.63, 3.8) is 0 Å². The SMILES string of the molecule is COc1cc(C(=O)CC[C@@](O)(c2cc3c(C)c[nH]c3c(-c3ccc(F)cc3)n2)C(F)(F)F)ccc1OCCO.COc1cc(C(=O)CC[C@@](O)(c2cc3c(c(-c4ccc(F)cc4)n2)N(C(=O)OC(C)(C)C)C[C@@]3(C)C(C)(C)C)C(F)(F)F)ccc1OCCO.N=S=O. The van der Waals surface area contributed by atoms with E-state index in [1.54, 1.807) is 33.9 Å². The largest absolute Gasteiger partial charge is 0.493 e. The second-order valence-electron chi connectivity index (χ2n) is 23.7. The molecule has 0 aliphatic carbocycles. The molecule has 6 N–H and O–H groups in total. The molecule has 3 atom stereocenters. The Morgan fingerprint density at radius 2 is 1.09 bits per heavy atom. The van der Waals surface area contributed by atoms with Gasteiger partial charge in [0.25, 0.3) is 0 Å². The van der Waals surface area contributed by atoms with Crippen molar-refractivity contribution in [3.8, 4) is 45.5 Å². The van der Waals surface area contributed by atoms with E-state index in [-0.39, 0.29) is 101 Å². The van der Waals surface area contributed by atoms with Crippen molar-refractivity contribution in [2.24, 2.45) is 5.41 Å². The Morgan fingerprint density at radius 3 is 1.49 bits per heavy atom. The third-order valence-electron chi connectivity index (χ3n) is 15.6. The number of aromatic amines is 1. The maximum atomic E-state index is 15.1. The van der Waals surface area contributed by atoms with E-state index < -0.39 is 106 Å². The van der Waals surface area contributed by atoms with Crippen molar-refractivity contribution in [1.29, 1.82) is 4.78 Å². The molecule has 0 saturated carbocycles. The smallest absolute Gasteiger partial charge is 0.422 e. The van der Waals surface area contributed by atoms with E-state index in [9.17, 15) is 46.5 Å². The lowest BCUT2D eigenvalue weighted by molar-refractivity contribution is -0.270. The Kier molecular flexibility index (Phi) is 23.0. The van der Waals surface area contributed by atoms with E-state index in [0.29, 0.717) is 27.6 Å². The quantitative estimate of drug-likeness (QED) is 0.0306. The number of amides is 1. The number of H-pyrrole nitrogens is 1. The van der Waals surface area contributed by atoms with Gasteiger partial charge >= 0.3 is 18.4 Å². The van der Waals surface area contributed by atoms with Crippen LogP contribution in [-0.4, -0.2) is 122 Å². The summed E-state index contributed by atoms with van der Waals surface area (Å²) in [4.78, 5) is 52.7. The predicted molar refractivity (Wildman–Crippen MR) is 325 cm³/mol. The van der Waals surface area contributed by atoms with Crippen LogP contribution in [0, 0.1) is 28.8 Å². The number of benzene rings is 4. The molecule has 1 aliphatic rings. The zero-order chi connectivity index (χ0) is 68.5. The van der Waals surface area contributed by atoms with E-state index in [0.717, 1.165) is 36.4 Å². The molecule has 0 spiro atoms. The van der Waals surface area contributed by atoms with Crippen LogP contribution in [0.4, 0.5) is 45.6 Å². The van der Waals surface area contributed by atoms with Crippen LogP contribution in [0.2, 0.25) is 0 Å². The van der Waals surface area contributed by atoms with Crippen molar-refractivity contribution in [1.82, 2.24) is 15.0 Å². The number of anilines is 1. The minimum Gasteiger partial charge on any atom is -0.493 e. The number of alkyl halides is 6. The highest BCUT2D eigenvalue weighted by Gasteiger charge is 2.59. The van der Waals surface area contributed by atoms with Crippen molar-refractivity contribution >= 4 is 45.7 Å². The average molecular weight is 1310 g/mol. The number of nitrogens with zero attached hydrogens (tertiary/aromatic N) is 3. The molecule has 1 aliphatic heterocycles. The molecule has 0 bridgehead atoms. The van der Waals surface area contributed by atoms with E-state index in [4.69, 9.17) is 42.9 Å². The maximum Gasteiger partial charge on any atom is 0.422 e. The number of methoxy groups -OCH3 is 2. The van der Waals surface area contributed by atoms with Gasteiger partial charge in [-0.1, -0.05) is 27.7 Å². The molecule has 4 aromatic carbocycles. The number of aromatic nitrogens is 3. The van der Waals surface area contributed by atoms with Crippen LogP contribution in [-0.2, 0) is 32.8 Å². The van der Waals surface area contributed by atoms with Gasteiger partial charge in [-0.15, -0.1) is 0 Å². The topological polar surface area (TPSA) is 264 Å². The van der Waals surface area contributed by atoms with Crippen LogP contribution in [0.3, 0.4) is 0 Å². The second kappa shape index (κ2) is 29.1. The highest BCUT2D eigenvalue weighted by molar-refractivity contribution is 7.53. The van der Waals surface area contributed by atoms with Gasteiger partial charge in [-0.05, 0) is 154 Å². The summed E-state index contributed by atoms with van der Waals surface area (Å²) in [5, 5.41) is 41.1. The molecule has 18 nitrogen and oxygen atoms in total. The molecular formula is C65H71F8N5O13S. The molecular weight excluding hydrogens is 1240 g/mol. The number of rotatable bonds is 20. The number of carbonyl (C=O) groups excluding carboxylic acids is 3. The lowest BCUT2D eigenvalue weighted by atomic mass is 9.64. The van der Waals surface area contributed by atoms with Crippen molar-refractivity contribution in [2.75, 3.05) is 52.1 Å². The molecule has 496 valence electrons. The Morgan fingerprint density at radius 1 is 0.663 bits per heavy atom. The number of aliphatic hydroxyl groups is 4. The number of fused-ring (bicyclic) bond motifs is 2. The summed E-state index contributed by atoms with van der Waals surface area (Å²) < 4.78 is 157. The van der Waals surface area contributed by atoms with Crippen molar-refractivity contribution < 1.29 is 97.8 Å². The number of carbonyl (C=O) groups is 3. The highest BCUT2D eigenvalue weighted by Crippen LogP contribution is 2.56. The first-order chi connectivity index (χ1) is 43.0. The van der Waals surface area contributed by atoms with Gasteiger partial charge in [-0.3, -0.25) is 14.5 Å². The van der Waals surface area contributed by atoms with E-state index >= 15 is 13.2 Å². The molecule has 0 fully saturated rings. The fraction of sp³-hybridized carbons (Fsp3) is 0.400. The van der Waals surface area contributed by atoms with Gasteiger partial charge in [0.1, 0.15) is 30.4 Å². The maximum absolute atomic E-state index is 15.1. The van der Waals surface area contributed by atoms with E-state index in [2.05, 4.69) is 15.0 Å². The third kappa shape index (κ3) is 16.1. The summed E-state index contributed by atoms with van der Waals surface area (Å²) >= 11 is -0.250. The number of pyridine rings is 2. The van der Waals surface area contributed by atoms with E-state index in [1.807, 2.05) is 27.7 Å². The van der Waals surface area contributed by atoms with Crippen LogP contribution in [0.5, 0.6) is 23.0 Å². The van der Waals surface area contributed by atoms with Crippen molar-refractivity contribution in [2.45, 2.75) is 116 Å². The molecule has 0 unspecified atom stereocenters. The van der Waals surface area contributed by atoms with Gasteiger partial charge in [0.15, 0.2) is 46.0 Å². The van der Waals surface area contributed by atoms with Gasteiger partial charge in [0.05, 0.1) is 61.4 Å². The number of hydrogen-bond acceptors (Lipinski definition) is 16. The molecule has 8 rings (SSSR count). The minimum absolute atomic E-state index is 0.0138. The monoisotopic (exact) mass is 1310 g/mol. The van der Waals surface area contributed by atoms with Gasteiger partial charge in [-0.25, -0.2) is 28.3 Å². The zero-order valence-corrected chi connectivity index (χ0v) is 52.7. The van der Waals surface area contributed by atoms with Gasteiger partial charge in [0, 0.05) is 58.6 Å². The van der Waals surface area contributed by atoms with Crippen LogP contribution in [0.15, 0.2) is 103 Å². The Labute approximate surface area is 528 Å². The molecule has 0 saturated heterocycles. The summed E-state index contributed by atoms with van der Waals surface area (Å²) in [5.74, 6) is -1.72.